The second kappa shape index (κ2) is 5.29. The lowest BCUT2D eigenvalue weighted by molar-refractivity contribution is -0.165. The molecule has 1 saturated heterocycles. The molecule has 3 atom stereocenters. The van der Waals surface area contributed by atoms with Crippen LogP contribution in [0.15, 0.2) is 30.3 Å². The lowest BCUT2D eigenvalue weighted by Crippen LogP contribution is -2.51. The SMILES string of the molecule is C[C@H]1OC(=O)C[C@@H](NCc2ccccc2)[C@@H]1O. The first kappa shape index (κ1) is 12.1. The molecule has 1 aliphatic rings. The lowest BCUT2D eigenvalue weighted by Gasteiger charge is -2.32. The summed E-state index contributed by atoms with van der Waals surface area (Å²) in [7, 11) is 0. The van der Waals surface area contributed by atoms with E-state index < -0.39 is 12.2 Å². The highest BCUT2D eigenvalue weighted by Gasteiger charge is 2.34. The zero-order valence-electron chi connectivity index (χ0n) is 9.80. The van der Waals surface area contributed by atoms with E-state index in [0.717, 1.165) is 5.56 Å². The van der Waals surface area contributed by atoms with Crippen molar-refractivity contribution in [2.24, 2.45) is 0 Å². The second-order valence-corrected chi connectivity index (χ2v) is 4.36. The van der Waals surface area contributed by atoms with Gasteiger partial charge in [-0.25, -0.2) is 0 Å². The van der Waals surface area contributed by atoms with E-state index in [1.54, 1.807) is 6.92 Å². The van der Waals surface area contributed by atoms with E-state index in [0.29, 0.717) is 6.54 Å². The Bertz CT molecular complexity index is 380. The molecule has 0 bridgehead atoms. The van der Waals surface area contributed by atoms with E-state index in [2.05, 4.69) is 5.32 Å². The monoisotopic (exact) mass is 235 g/mol. The van der Waals surface area contributed by atoms with Crippen LogP contribution in [0.4, 0.5) is 0 Å². The standard InChI is InChI=1S/C13H17NO3/c1-9-13(16)11(7-12(15)17-9)14-8-10-5-3-2-4-6-10/h2-6,9,11,13-14,16H,7-8H2,1H3/t9-,11-,13-/m1/s1. The molecule has 0 aliphatic carbocycles. The Balaban J connectivity index is 1.92. The highest BCUT2D eigenvalue weighted by atomic mass is 16.6. The van der Waals surface area contributed by atoms with Crippen molar-refractivity contribution >= 4 is 5.97 Å². The molecule has 1 aromatic rings. The number of cyclic esters (lactones) is 1. The fraction of sp³-hybridized carbons (Fsp3) is 0.462. The van der Waals surface area contributed by atoms with Crippen LogP contribution in [0.1, 0.15) is 18.9 Å². The normalized spacial score (nSPS) is 28.8. The summed E-state index contributed by atoms with van der Waals surface area (Å²) < 4.78 is 4.95. The van der Waals surface area contributed by atoms with Crippen LogP contribution in [-0.2, 0) is 16.1 Å². The first-order valence-electron chi connectivity index (χ1n) is 5.81. The largest absolute Gasteiger partial charge is 0.460 e. The van der Waals surface area contributed by atoms with Crippen LogP contribution in [0.5, 0.6) is 0 Å². The van der Waals surface area contributed by atoms with E-state index in [1.807, 2.05) is 30.3 Å². The molecule has 4 nitrogen and oxygen atoms in total. The lowest BCUT2D eigenvalue weighted by atomic mass is 10.00. The minimum Gasteiger partial charge on any atom is -0.460 e. The summed E-state index contributed by atoms with van der Waals surface area (Å²) in [5.41, 5.74) is 1.13. The quantitative estimate of drug-likeness (QED) is 0.762. The predicted octanol–water partition coefficient (Wildman–Crippen LogP) is 0.841. The maximum absolute atomic E-state index is 11.3. The molecular formula is C13H17NO3. The molecule has 1 aliphatic heterocycles. The molecule has 0 aromatic heterocycles. The van der Waals surface area contributed by atoms with E-state index in [9.17, 15) is 9.90 Å². The number of nitrogens with one attached hydrogen (secondary N) is 1. The number of carbonyl (C=O) groups is 1. The average molecular weight is 235 g/mol. The van der Waals surface area contributed by atoms with Gasteiger partial charge in [-0.1, -0.05) is 30.3 Å². The van der Waals surface area contributed by atoms with Gasteiger partial charge >= 0.3 is 5.97 Å². The fourth-order valence-electron chi connectivity index (χ4n) is 1.99. The molecular weight excluding hydrogens is 218 g/mol. The summed E-state index contributed by atoms with van der Waals surface area (Å²) in [5.74, 6) is -0.256. The Labute approximate surface area is 101 Å². The van der Waals surface area contributed by atoms with Crippen LogP contribution in [-0.4, -0.2) is 29.3 Å². The highest BCUT2D eigenvalue weighted by molar-refractivity contribution is 5.71. The van der Waals surface area contributed by atoms with E-state index in [1.165, 1.54) is 0 Å². The van der Waals surface area contributed by atoms with Crippen LogP contribution < -0.4 is 5.32 Å². The van der Waals surface area contributed by atoms with Crippen LogP contribution in [0.3, 0.4) is 0 Å². The van der Waals surface area contributed by atoms with Gasteiger partial charge in [-0.15, -0.1) is 0 Å². The molecule has 92 valence electrons. The molecule has 1 aromatic carbocycles. The van der Waals surface area contributed by atoms with Crippen LogP contribution in [0.25, 0.3) is 0 Å². The summed E-state index contributed by atoms with van der Waals surface area (Å²) >= 11 is 0. The molecule has 0 amide bonds. The van der Waals surface area contributed by atoms with E-state index in [4.69, 9.17) is 4.74 Å². The van der Waals surface area contributed by atoms with Gasteiger partial charge in [0, 0.05) is 12.6 Å². The number of aliphatic hydroxyl groups excluding tert-OH is 1. The number of benzene rings is 1. The number of aliphatic hydroxyl groups is 1. The van der Waals surface area contributed by atoms with Crippen molar-refractivity contribution in [3.8, 4) is 0 Å². The van der Waals surface area contributed by atoms with Crippen LogP contribution in [0, 0.1) is 0 Å². The Morgan fingerprint density at radius 1 is 1.41 bits per heavy atom. The molecule has 4 heteroatoms. The van der Waals surface area contributed by atoms with Crippen molar-refractivity contribution in [1.82, 2.24) is 5.32 Å². The van der Waals surface area contributed by atoms with Gasteiger partial charge in [0.05, 0.1) is 6.42 Å². The number of carbonyl (C=O) groups excluding carboxylic acids is 1. The van der Waals surface area contributed by atoms with Gasteiger partial charge in [-0.2, -0.15) is 0 Å². The van der Waals surface area contributed by atoms with Crippen molar-refractivity contribution in [2.75, 3.05) is 0 Å². The molecule has 1 fully saturated rings. The summed E-state index contributed by atoms with van der Waals surface area (Å²) in [6, 6.07) is 9.66. The minimum atomic E-state index is -0.642. The molecule has 2 N–H and O–H groups in total. The Morgan fingerprint density at radius 3 is 2.82 bits per heavy atom. The van der Waals surface area contributed by atoms with Crippen molar-refractivity contribution < 1.29 is 14.6 Å². The van der Waals surface area contributed by atoms with Crippen molar-refractivity contribution in [2.45, 2.75) is 38.1 Å². The van der Waals surface area contributed by atoms with Crippen molar-refractivity contribution in [3.63, 3.8) is 0 Å². The van der Waals surface area contributed by atoms with Crippen molar-refractivity contribution in [3.05, 3.63) is 35.9 Å². The molecule has 0 saturated carbocycles. The predicted molar refractivity (Wildman–Crippen MR) is 63.2 cm³/mol. The third-order valence-corrected chi connectivity index (χ3v) is 3.01. The number of esters is 1. The second-order valence-electron chi connectivity index (χ2n) is 4.36. The smallest absolute Gasteiger partial charge is 0.307 e. The maximum atomic E-state index is 11.3. The van der Waals surface area contributed by atoms with Crippen molar-refractivity contribution in [1.29, 1.82) is 0 Å². The Hall–Kier alpha value is -1.39. The van der Waals surface area contributed by atoms with Gasteiger partial charge < -0.3 is 15.2 Å². The van der Waals surface area contributed by atoms with Gasteiger partial charge in [-0.05, 0) is 12.5 Å². The zero-order valence-corrected chi connectivity index (χ0v) is 9.80. The van der Waals surface area contributed by atoms with E-state index >= 15 is 0 Å². The number of hydrogen-bond acceptors (Lipinski definition) is 4. The molecule has 0 unspecified atom stereocenters. The van der Waals surface area contributed by atoms with Crippen LogP contribution in [0.2, 0.25) is 0 Å². The van der Waals surface area contributed by atoms with Gasteiger partial charge in [0.15, 0.2) is 0 Å². The Morgan fingerprint density at radius 2 is 2.12 bits per heavy atom. The maximum Gasteiger partial charge on any atom is 0.307 e. The molecule has 0 radical (unpaired) electrons. The average Bonchev–Trinajstić information content (AvgIpc) is 2.33. The van der Waals surface area contributed by atoms with Gasteiger partial charge in [0.1, 0.15) is 12.2 Å². The third-order valence-electron chi connectivity index (χ3n) is 3.01. The summed E-state index contributed by atoms with van der Waals surface area (Å²) in [6.07, 6.45) is -0.862. The molecule has 17 heavy (non-hydrogen) atoms. The molecule has 0 spiro atoms. The zero-order chi connectivity index (χ0) is 12.3. The highest BCUT2D eigenvalue weighted by Crippen LogP contribution is 2.16. The first-order chi connectivity index (χ1) is 8.16. The topological polar surface area (TPSA) is 58.6 Å². The summed E-state index contributed by atoms with van der Waals surface area (Å²) in [5, 5.41) is 13.1. The van der Waals surface area contributed by atoms with E-state index in [-0.39, 0.29) is 18.4 Å². The number of hydrogen-bond donors (Lipinski definition) is 2. The van der Waals surface area contributed by atoms with Gasteiger partial charge in [0.2, 0.25) is 0 Å². The van der Waals surface area contributed by atoms with Gasteiger partial charge in [-0.3, -0.25) is 4.79 Å². The summed E-state index contributed by atoms with van der Waals surface area (Å²) in [4.78, 5) is 11.3. The Kier molecular flexibility index (Phi) is 3.76. The summed E-state index contributed by atoms with van der Waals surface area (Å²) in [6.45, 7) is 2.35. The third kappa shape index (κ3) is 3.05. The fourth-order valence-corrected chi connectivity index (χ4v) is 1.99. The van der Waals surface area contributed by atoms with Crippen LogP contribution >= 0.6 is 0 Å². The van der Waals surface area contributed by atoms with Gasteiger partial charge in [0.25, 0.3) is 0 Å². The number of ether oxygens (including phenoxy) is 1. The first-order valence-corrected chi connectivity index (χ1v) is 5.81. The number of rotatable bonds is 3. The molecule has 1 heterocycles. The molecule has 2 rings (SSSR count). The minimum absolute atomic E-state index is 0.221.